The van der Waals surface area contributed by atoms with Crippen LogP contribution in [0.5, 0.6) is 6.01 Å². The molecule has 0 radical (unpaired) electrons. The Balaban J connectivity index is 2.13. The van der Waals surface area contributed by atoms with Crippen molar-refractivity contribution in [1.82, 2.24) is 14.8 Å². The van der Waals surface area contributed by atoms with Crippen LogP contribution in [0.1, 0.15) is 0 Å². The Morgan fingerprint density at radius 1 is 1.00 bits per heavy atom. The van der Waals surface area contributed by atoms with Gasteiger partial charge < -0.3 is 9.84 Å². The number of carboxylic acid groups (broad SMARTS) is 1. The summed E-state index contributed by atoms with van der Waals surface area (Å²) >= 11 is 0. The number of rotatable bonds is 3. The summed E-state index contributed by atoms with van der Waals surface area (Å²) in [5.41, 5.74) is 1.58. The molecule has 1 heterocycles. The van der Waals surface area contributed by atoms with Crippen LogP contribution in [0.3, 0.4) is 0 Å². The molecule has 0 fully saturated rings. The van der Waals surface area contributed by atoms with Gasteiger partial charge in [-0.15, -0.1) is 5.10 Å². The summed E-state index contributed by atoms with van der Waals surface area (Å²) in [5, 5.41) is 12.8. The molecule has 0 aliphatic carbocycles. The summed E-state index contributed by atoms with van der Waals surface area (Å²) in [4.78, 5) is 14.8. The standard InChI is InChI=1S/C15H11N3O3/c19-15(20)21-14-16-13(11-7-3-1-4-8-11)18(17-14)12-9-5-2-6-10-12/h1-10H,(H,19,20). The van der Waals surface area contributed by atoms with Crippen molar-refractivity contribution in [3.8, 4) is 23.1 Å². The number of ether oxygens (including phenoxy) is 1. The zero-order chi connectivity index (χ0) is 14.7. The van der Waals surface area contributed by atoms with Crippen LogP contribution >= 0.6 is 0 Å². The quantitative estimate of drug-likeness (QED) is 0.747. The van der Waals surface area contributed by atoms with Gasteiger partial charge in [-0.05, 0) is 12.1 Å². The van der Waals surface area contributed by atoms with E-state index < -0.39 is 6.16 Å². The van der Waals surface area contributed by atoms with E-state index in [1.807, 2.05) is 60.7 Å². The minimum absolute atomic E-state index is 0.204. The second-order valence-electron chi connectivity index (χ2n) is 4.20. The minimum Gasteiger partial charge on any atom is -0.449 e. The molecular weight excluding hydrogens is 270 g/mol. The van der Waals surface area contributed by atoms with E-state index in [0.29, 0.717) is 5.82 Å². The third-order valence-electron chi connectivity index (χ3n) is 2.80. The molecule has 2 aromatic carbocycles. The van der Waals surface area contributed by atoms with Gasteiger partial charge >= 0.3 is 12.2 Å². The van der Waals surface area contributed by atoms with Crippen LogP contribution in [0.2, 0.25) is 0 Å². The van der Waals surface area contributed by atoms with Crippen LogP contribution in [0.25, 0.3) is 17.1 Å². The average Bonchev–Trinajstić information content (AvgIpc) is 2.92. The molecule has 0 spiro atoms. The lowest BCUT2D eigenvalue weighted by molar-refractivity contribution is 0.140. The van der Waals surface area contributed by atoms with Crippen LogP contribution in [0.4, 0.5) is 4.79 Å². The monoisotopic (exact) mass is 281 g/mol. The smallest absolute Gasteiger partial charge is 0.449 e. The highest BCUT2D eigenvalue weighted by atomic mass is 16.7. The van der Waals surface area contributed by atoms with Gasteiger partial charge in [-0.2, -0.15) is 4.98 Å². The van der Waals surface area contributed by atoms with Crippen LogP contribution in [-0.2, 0) is 0 Å². The van der Waals surface area contributed by atoms with Gasteiger partial charge in [-0.25, -0.2) is 9.48 Å². The number of hydrogen-bond donors (Lipinski definition) is 1. The molecule has 104 valence electrons. The fourth-order valence-electron chi connectivity index (χ4n) is 1.94. The van der Waals surface area contributed by atoms with E-state index in [-0.39, 0.29) is 6.01 Å². The lowest BCUT2D eigenvalue weighted by atomic mass is 10.2. The Kier molecular flexibility index (Phi) is 3.34. The number of carbonyl (C=O) groups is 1. The molecule has 0 aliphatic heterocycles. The molecule has 6 nitrogen and oxygen atoms in total. The number of hydrogen-bond acceptors (Lipinski definition) is 4. The SMILES string of the molecule is O=C(O)Oc1nc(-c2ccccc2)n(-c2ccccc2)n1. The van der Waals surface area contributed by atoms with E-state index >= 15 is 0 Å². The largest absolute Gasteiger partial charge is 0.513 e. The van der Waals surface area contributed by atoms with E-state index in [4.69, 9.17) is 5.11 Å². The summed E-state index contributed by atoms with van der Waals surface area (Å²) < 4.78 is 6.10. The average molecular weight is 281 g/mol. The summed E-state index contributed by atoms with van der Waals surface area (Å²) in [7, 11) is 0. The Morgan fingerprint density at radius 2 is 1.62 bits per heavy atom. The highest BCUT2D eigenvalue weighted by Crippen LogP contribution is 2.23. The van der Waals surface area contributed by atoms with Crippen LogP contribution in [0.15, 0.2) is 60.7 Å². The molecule has 0 amide bonds. The van der Waals surface area contributed by atoms with Crippen LogP contribution in [0, 0.1) is 0 Å². The molecule has 21 heavy (non-hydrogen) atoms. The Bertz CT molecular complexity index is 697. The first-order valence-electron chi connectivity index (χ1n) is 6.23. The van der Waals surface area contributed by atoms with Crippen molar-refractivity contribution in [2.45, 2.75) is 0 Å². The van der Waals surface area contributed by atoms with Gasteiger partial charge in [0, 0.05) is 5.56 Å². The van der Waals surface area contributed by atoms with E-state index in [9.17, 15) is 4.79 Å². The molecule has 1 N–H and O–H groups in total. The van der Waals surface area contributed by atoms with Gasteiger partial charge in [-0.1, -0.05) is 48.5 Å². The molecule has 0 bridgehead atoms. The highest BCUT2D eigenvalue weighted by molar-refractivity contribution is 5.62. The van der Waals surface area contributed by atoms with Crippen molar-refractivity contribution in [2.75, 3.05) is 0 Å². The predicted octanol–water partition coefficient (Wildman–Crippen LogP) is 2.99. The first-order valence-corrected chi connectivity index (χ1v) is 6.23. The third-order valence-corrected chi connectivity index (χ3v) is 2.80. The second kappa shape index (κ2) is 5.46. The summed E-state index contributed by atoms with van der Waals surface area (Å²) in [6.45, 7) is 0. The fraction of sp³-hybridized carbons (Fsp3) is 0. The molecule has 6 heteroatoms. The molecule has 1 aromatic heterocycles. The maximum Gasteiger partial charge on any atom is 0.513 e. The van der Waals surface area contributed by atoms with Gasteiger partial charge in [0.2, 0.25) is 0 Å². The molecule has 0 saturated heterocycles. The minimum atomic E-state index is -1.44. The van der Waals surface area contributed by atoms with E-state index in [0.717, 1.165) is 11.3 Å². The van der Waals surface area contributed by atoms with E-state index in [2.05, 4.69) is 14.8 Å². The number of nitrogens with zero attached hydrogens (tertiary/aromatic N) is 3. The van der Waals surface area contributed by atoms with Crippen molar-refractivity contribution in [3.63, 3.8) is 0 Å². The van der Waals surface area contributed by atoms with Crippen molar-refractivity contribution in [3.05, 3.63) is 60.7 Å². The Labute approximate surface area is 120 Å². The first kappa shape index (κ1) is 12.9. The van der Waals surface area contributed by atoms with E-state index in [1.165, 1.54) is 0 Å². The molecule has 0 atom stereocenters. The third kappa shape index (κ3) is 2.74. The molecule has 0 saturated carbocycles. The normalized spacial score (nSPS) is 10.3. The molecule has 3 rings (SSSR count). The van der Waals surface area contributed by atoms with Gasteiger partial charge in [0.25, 0.3) is 0 Å². The lowest BCUT2D eigenvalue weighted by Gasteiger charge is -2.04. The molecule has 0 unspecified atom stereocenters. The molecule has 0 aliphatic rings. The zero-order valence-corrected chi connectivity index (χ0v) is 10.9. The predicted molar refractivity (Wildman–Crippen MR) is 75.4 cm³/mol. The Hall–Kier alpha value is -3.15. The summed E-state index contributed by atoms with van der Waals surface area (Å²) in [5.74, 6) is 0.512. The van der Waals surface area contributed by atoms with Crippen molar-refractivity contribution in [1.29, 1.82) is 0 Å². The lowest BCUT2D eigenvalue weighted by Crippen LogP contribution is -2.05. The molecular formula is C15H11N3O3. The van der Waals surface area contributed by atoms with Gasteiger partial charge in [0.1, 0.15) is 0 Å². The maximum absolute atomic E-state index is 10.7. The highest BCUT2D eigenvalue weighted by Gasteiger charge is 2.16. The zero-order valence-electron chi connectivity index (χ0n) is 10.9. The number of benzene rings is 2. The topological polar surface area (TPSA) is 77.2 Å². The van der Waals surface area contributed by atoms with Gasteiger partial charge in [0.05, 0.1) is 5.69 Å². The first-order chi connectivity index (χ1) is 10.2. The van der Waals surface area contributed by atoms with Crippen molar-refractivity contribution in [2.24, 2.45) is 0 Å². The summed E-state index contributed by atoms with van der Waals surface area (Å²) in [6.07, 6.45) is -1.44. The van der Waals surface area contributed by atoms with E-state index in [1.54, 1.807) is 4.68 Å². The number of para-hydroxylation sites is 1. The second-order valence-corrected chi connectivity index (χ2v) is 4.20. The maximum atomic E-state index is 10.7. The summed E-state index contributed by atoms with van der Waals surface area (Å²) in [6, 6.07) is 18.5. The van der Waals surface area contributed by atoms with Crippen molar-refractivity contribution >= 4 is 6.16 Å². The van der Waals surface area contributed by atoms with Crippen molar-refractivity contribution < 1.29 is 14.6 Å². The molecule has 3 aromatic rings. The van der Waals surface area contributed by atoms with Crippen LogP contribution < -0.4 is 4.74 Å². The Morgan fingerprint density at radius 3 is 2.24 bits per heavy atom. The van der Waals surface area contributed by atoms with Gasteiger partial charge in [0.15, 0.2) is 5.82 Å². The number of aromatic nitrogens is 3. The van der Waals surface area contributed by atoms with Gasteiger partial charge in [-0.3, -0.25) is 0 Å². The fourth-order valence-corrected chi connectivity index (χ4v) is 1.94. The van der Waals surface area contributed by atoms with Crippen LogP contribution in [-0.4, -0.2) is 26.0 Å².